The van der Waals surface area contributed by atoms with E-state index in [1.165, 1.54) is 6.33 Å². The standard InChI is InChI=1S/C14H17N5O2.C2H6/c1-3-21-9-5-4-8(6-10(9)20-2)12(15)11-13(16)18-7-19-14(11)17;1-2/h4-7,15H,3H2,1-2H3,(H4,16,17,18,19);1-2H3. The van der Waals surface area contributed by atoms with Crippen molar-refractivity contribution < 1.29 is 9.47 Å². The molecule has 0 bridgehead atoms. The average molecular weight is 317 g/mol. The van der Waals surface area contributed by atoms with Crippen molar-refractivity contribution in [2.45, 2.75) is 20.8 Å². The number of hydrogen-bond acceptors (Lipinski definition) is 7. The zero-order chi connectivity index (χ0) is 17.4. The van der Waals surface area contributed by atoms with Crippen LogP contribution in [0.15, 0.2) is 24.5 Å². The van der Waals surface area contributed by atoms with E-state index in [4.69, 9.17) is 26.4 Å². The van der Waals surface area contributed by atoms with Crippen molar-refractivity contribution in [1.29, 1.82) is 5.41 Å². The van der Waals surface area contributed by atoms with Crippen molar-refractivity contribution in [2.75, 3.05) is 25.2 Å². The maximum absolute atomic E-state index is 8.26. The van der Waals surface area contributed by atoms with Gasteiger partial charge in [0.1, 0.15) is 18.0 Å². The van der Waals surface area contributed by atoms with E-state index in [9.17, 15) is 0 Å². The lowest BCUT2D eigenvalue weighted by Crippen LogP contribution is -2.12. The molecule has 0 radical (unpaired) electrons. The molecule has 0 unspecified atom stereocenters. The molecule has 0 aliphatic heterocycles. The number of hydrogen-bond donors (Lipinski definition) is 3. The molecule has 0 spiro atoms. The molecule has 0 atom stereocenters. The Morgan fingerprint density at radius 3 is 2.26 bits per heavy atom. The van der Waals surface area contributed by atoms with Crippen molar-refractivity contribution >= 4 is 17.3 Å². The number of nitrogens with two attached hydrogens (primary N) is 2. The van der Waals surface area contributed by atoms with Crippen molar-refractivity contribution in [3.63, 3.8) is 0 Å². The SMILES string of the molecule is CC.CCOc1ccc(C(=N)c2c(N)ncnc2N)cc1OC. The van der Waals surface area contributed by atoms with E-state index in [1.807, 2.05) is 20.8 Å². The maximum atomic E-state index is 8.26. The smallest absolute Gasteiger partial charge is 0.161 e. The number of aromatic nitrogens is 2. The Morgan fingerprint density at radius 1 is 1.13 bits per heavy atom. The molecule has 0 aliphatic rings. The third kappa shape index (κ3) is 4.09. The number of anilines is 2. The monoisotopic (exact) mass is 317 g/mol. The highest BCUT2D eigenvalue weighted by atomic mass is 16.5. The maximum Gasteiger partial charge on any atom is 0.161 e. The van der Waals surface area contributed by atoms with Crippen LogP contribution in [0.4, 0.5) is 11.6 Å². The summed E-state index contributed by atoms with van der Waals surface area (Å²) in [5, 5.41) is 8.26. The third-order valence-electron chi connectivity index (χ3n) is 2.91. The predicted octanol–water partition coefficient (Wildman–Crippen LogP) is 2.49. The fourth-order valence-electron chi connectivity index (χ4n) is 1.91. The molecule has 5 N–H and O–H groups in total. The van der Waals surface area contributed by atoms with E-state index < -0.39 is 0 Å². The number of rotatable bonds is 5. The van der Waals surface area contributed by atoms with Crippen molar-refractivity contribution in [3.8, 4) is 11.5 Å². The molecule has 124 valence electrons. The summed E-state index contributed by atoms with van der Waals surface area (Å²) >= 11 is 0. The number of ether oxygens (including phenoxy) is 2. The Bertz CT molecular complexity index is 653. The van der Waals surface area contributed by atoms with Crippen LogP contribution in [0.5, 0.6) is 11.5 Å². The van der Waals surface area contributed by atoms with Gasteiger partial charge in [0, 0.05) is 5.56 Å². The van der Waals surface area contributed by atoms with Gasteiger partial charge in [0.2, 0.25) is 0 Å². The summed E-state index contributed by atoms with van der Waals surface area (Å²) in [6.07, 6.45) is 1.26. The van der Waals surface area contributed by atoms with E-state index in [0.29, 0.717) is 29.2 Å². The van der Waals surface area contributed by atoms with Crippen LogP contribution in [0.25, 0.3) is 0 Å². The van der Waals surface area contributed by atoms with Crippen LogP contribution >= 0.6 is 0 Å². The van der Waals surface area contributed by atoms with E-state index in [0.717, 1.165) is 0 Å². The first-order valence-electron chi connectivity index (χ1n) is 7.34. The van der Waals surface area contributed by atoms with Crippen molar-refractivity contribution in [2.24, 2.45) is 0 Å². The van der Waals surface area contributed by atoms with Crippen molar-refractivity contribution in [1.82, 2.24) is 9.97 Å². The molecule has 1 aromatic heterocycles. The summed E-state index contributed by atoms with van der Waals surface area (Å²) in [5.41, 5.74) is 12.6. The molecule has 2 rings (SSSR count). The quantitative estimate of drug-likeness (QED) is 0.729. The van der Waals surface area contributed by atoms with Gasteiger partial charge in [-0.15, -0.1) is 0 Å². The lowest BCUT2D eigenvalue weighted by atomic mass is 10.0. The summed E-state index contributed by atoms with van der Waals surface area (Å²) in [6.45, 7) is 6.41. The molecule has 0 aliphatic carbocycles. The number of methoxy groups -OCH3 is 1. The Labute approximate surface area is 136 Å². The van der Waals surface area contributed by atoms with Gasteiger partial charge in [0.15, 0.2) is 11.5 Å². The zero-order valence-electron chi connectivity index (χ0n) is 13.9. The predicted molar refractivity (Wildman–Crippen MR) is 92.3 cm³/mol. The highest BCUT2D eigenvalue weighted by Gasteiger charge is 2.16. The molecule has 0 saturated heterocycles. The zero-order valence-corrected chi connectivity index (χ0v) is 13.9. The molecular weight excluding hydrogens is 294 g/mol. The van der Waals surface area contributed by atoms with Crippen LogP contribution in [0.1, 0.15) is 31.9 Å². The number of nitrogens with zero attached hydrogens (tertiary/aromatic N) is 2. The molecule has 7 nitrogen and oxygen atoms in total. The van der Waals surface area contributed by atoms with Gasteiger partial charge in [-0.3, -0.25) is 5.41 Å². The van der Waals surface area contributed by atoms with Crippen LogP contribution in [-0.4, -0.2) is 29.4 Å². The number of nitrogen functional groups attached to an aromatic ring is 2. The topological polar surface area (TPSA) is 120 Å². The van der Waals surface area contributed by atoms with Crippen LogP contribution in [0.2, 0.25) is 0 Å². The minimum Gasteiger partial charge on any atom is -0.493 e. The number of benzene rings is 1. The molecule has 0 amide bonds. The van der Waals surface area contributed by atoms with Gasteiger partial charge in [-0.25, -0.2) is 9.97 Å². The molecular formula is C16H23N5O2. The fourth-order valence-corrected chi connectivity index (χ4v) is 1.91. The first-order chi connectivity index (χ1) is 11.1. The van der Waals surface area contributed by atoms with Crippen LogP contribution in [-0.2, 0) is 0 Å². The lowest BCUT2D eigenvalue weighted by Gasteiger charge is -2.13. The van der Waals surface area contributed by atoms with Gasteiger partial charge in [0.25, 0.3) is 0 Å². The second kappa shape index (κ2) is 8.57. The van der Waals surface area contributed by atoms with E-state index >= 15 is 0 Å². The van der Waals surface area contributed by atoms with Gasteiger partial charge in [0.05, 0.1) is 25.0 Å². The summed E-state index contributed by atoms with van der Waals surface area (Å²) in [6, 6.07) is 5.17. The summed E-state index contributed by atoms with van der Waals surface area (Å²) in [7, 11) is 1.54. The highest BCUT2D eigenvalue weighted by molar-refractivity contribution is 6.16. The Kier molecular flexibility index (Phi) is 6.79. The van der Waals surface area contributed by atoms with E-state index in [-0.39, 0.29) is 17.3 Å². The Balaban J connectivity index is 0.00000127. The molecule has 0 fully saturated rings. The molecule has 7 heteroatoms. The summed E-state index contributed by atoms with van der Waals surface area (Å²) in [4.78, 5) is 7.73. The largest absolute Gasteiger partial charge is 0.493 e. The van der Waals surface area contributed by atoms with E-state index in [1.54, 1.807) is 25.3 Å². The van der Waals surface area contributed by atoms with Crippen LogP contribution < -0.4 is 20.9 Å². The Morgan fingerprint density at radius 2 is 1.74 bits per heavy atom. The lowest BCUT2D eigenvalue weighted by molar-refractivity contribution is 0.311. The van der Waals surface area contributed by atoms with Gasteiger partial charge in [-0.05, 0) is 25.1 Å². The van der Waals surface area contributed by atoms with Crippen LogP contribution in [0.3, 0.4) is 0 Å². The third-order valence-corrected chi connectivity index (χ3v) is 2.91. The minimum atomic E-state index is 0.131. The molecule has 2 aromatic rings. The first kappa shape index (κ1) is 18.2. The van der Waals surface area contributed by atoms with Gasteiger partial charge in [-0.1, -0.05) is 13.8 Å². The molecule has 23 heavy (non-hydrogen) atoms. The summed E-state index contributed by atoms with van der Waals surface area (Å²) in [5.74, 6) is 1.48. The van der Waals surface area contributed by atoms with Crippen molar-refractivity contribution in [3.05, 3.63) is 35.7 Å². The molecule has 0 saturated carbocycles. The Hall–Kier alpha value is -2.83. The van der Waals surface area contributed by atoms with Gasteiger partial charge < -0.3 is 20.9 Å². The molecule has 1 heterocycles. The van der Waals surface area contributed by atoms with Crippen LogP contribution in [0, 0.1) is 5.41 Å². The van der Waals surface area contributed by atoms with Gasteiger partial charge >= 0.3 is 0 Å². The highest BCUT2D eigenvalue weighted by Crippen LogP contribution is 2.30. The van der Waals surface area contributed by atoms with Gasteiger partial charge in [-0.2, -0.15) is 0 Å². The van der Waals surface area contributed by atoms with E-state index in [2.05, 4.69) is 9.97 Å². The average Bonchev–Trinajstić information content (AvgIpc) is 2.57. The first-order valence-corrected chi connectivity index (χ1v) is 7.34. The number of nitrogens with one attached hydrogen (secondary N) is 1. The second-order valence-electron chi connectivity index (χ2n) is 4.19. The fraction of sp³-hybridized carbons (Fsp3) is 0.312. The summed E-state index contributed by atoms with van der Waals surface area (Å²) < 4.78 is 10.7. The minimum absolute atomic E-state index is 0.131. The molecule has 1 aromatic carbocycles. The normalized spacial score (nSPS) is 9.57. The second-order valence-corrected chi connectivity index (χ2v) is 4.19.